The summed E-state index contributed by atoms with van der Waals surface area (Å²) in [4.78, 5) is 15.2. The van der Waals surface area contributed by atoms with Gasteiger partial charge >= 0.3 is 0 Å². The monoisotopic (exact) mass is 480 g/mol. The Morgan fingerprint density at radius 2 is 1.61 bits per heavy atom. The van der Waals surface area contributed by atoms with E-state index in [1.807, 2.05) is 6.07 Å². The molecule has 0 aromatic heterocycles. The third-order valence-electron chi connectivity index (χ3n) is 6.59. The molecule has 0 unspecified atom stereocenters. The second-order valence-corrected chi connectivity index (χ2v) is 11.0. The number of nitrogens with zero attached hydrogens (tertiary/aromatic N) is 2. The van der Waals surface area contributed by atoms with Crippen molar-refractivity contribution in [3.8, 4) is 11.1 Å². The van der Waals surface area contributed by atoms with Crippen LogP contribution >= 0.6 is 11.6 Å². The predicted octanol–water partition coefficient (Wildman–Crippen LogP) is 5.00. The first-order valence-corrected chi connectivity index (χ1v) is 13.0. The number of piperidine rings is 1. The molecule has 0 bridgehead atoms. The van der Waals surface area contributed by atoms with Crippen LogP contribution in [0.1, 0.15) is 18.4 Å². The second-order valence-electron chi connectivity index (χ2n) is 8.68. The second kappa shape index (κ2) is 8.84. The van der Waals surface area contributed by atoms with Crippen LogP contribution in [0.25, 0.3) is 11.1 Å². The first-order valence-electron chi connectivity index (χ1n) is 11.2. The Morgan fingerprint density at radius 1 is 0.909 bits per heavy atom. The lowest BCUT2D eigenvalue weighted by Gasteiger charge is -2.36. The van der Waals surface area contributed by atoms with E-state index in [2.05, 4.69) is 24.3 Å². The van der Waals surface area contributed by atoms with Crippen molar-refractivity contribution in [3.63, 3.8) is 0 Å². The minimum Gasteiger partial charge on any atom is -0.341 e. The molecular weight excluding hydrogens is 456 g/mol. The summed E-state index contributed by atoms with van der Waals surface area (Å²) in [6, 6.07) is 22.4. The number of carbonyl (C=O) groups is 1. The van der Waals surface area contributed by atoms with Crippen molar-refractivity contribution in [2.24, 2.45) is 5.92 Å². The first kappa shape index (κ1) is 22.0. The minimum absolute atomic E-state index is 0.169. The number of likely N-dealkylation sites (tertiary alicyclic amines) is 1. The standard InChI is InChI=1S/C26H25ClN2O3S/c27-21-10-11-24-23(17-21)22-8-4-5-9-25(22)33(31,32)29(24)18-26(30)28-14-12-20(13-15-28)16-19-6-2-1-3-7-19/h1-11,17,20H,12-16,18H2. The molecular formula is C26H25ClN2O3S. The SMILES string of the molecule is O=C(CN1c2ccc(Cl)cc2-c2ccccc2S1(=O)=O)N1CCC(Cc2ccccc2)CC1. The molecule has 0 aliphatic carbocycles. The van der Waals surface area contributed by atoms with Gasteiger partial charge in [-0.25, -0.2) is 8.42 Å². The summed E-state index contributed by atoms with van der Waals surface area (Å²) in [5, 5.41) is 0.523. The zero-order valence-electron chi connectivity index (χ0n) is 18.2. The molecule has 3 aromatic rings. The average Bonchev–Trinajstić information content (AvgIpc) is 2.83. The topological polar surface area (TPSA) is 57.7 Å². The largest absolute Gasteiger partial charge is 0.341 e. The van der Waals surface area contributed by atoms with E-state index in [9.17, 15) is 13.2 Å². The summed E-state index contributed by atoms with van der Waals surface area (Å²) in [6.45, 7) is 1.08. The highest BCUT2D eigenvalue weighted by molar-refractivity contribution is 7.93. The van der Waals surface area contributed by atoms with Gasteiger partial charge < -0.3 is 4.90 Å². The molecule has 0 spiro atoms. The molecule has 2 aliphatic heterocycles. The fourth-order valence-corrected chi connectivity index (χ4v) is 6.65. The lowest BCUT2D eigenvalue weighted by molar-refractivity contribution is -0.130. The van der Waals surface area contributed by atoms with Gasteiger partial charge in [0.05, 0.1) is 10.6 Å². The van der Waals surface area contributed by atoms with Crippen molar-refractivity contribution in [2.45, 2.75) is 24.2 Å². The molecule has 1 amide bonds. The van der Waals surface area contributed by atoms with Gasteiger partial charge in [-0.3, -0.25) is 9.10 Å². The number of sulfonamides is 1. The van der Waals surface area contributed by atoms with Crippen LogP contribution < -0.4 is 4.31 Å². The lowest BCUT2D eigenvalue weighted by Crippen LogP contribution is -2.47. The van der Waals surface area contributed by atoms with Gasteiger partial charge in [-0.15, -0.1) is 0 Å². The average molecular weight is 481 g/mol. The summed E-state index contributed by atoms with van der Waals surface area (Å²) in [5.41, 5.74) is 3.14. The van der Waals surface area contributed by atoms with Crippen LogP contribution in [-0.4, -0.2) is 38.9 Å². The highest BCUT2D eigenvalue weighted by Crippen LogP contribution is 2.43. The normalized spacial score (nSPS) is 17.4. The minimum atomic E-state index is -3.85. The van der Waals surface area contributed by atoms with Gasteiger partial charge in [-0.05, 0) is 55.0 Å². The molecule has 3 aromatic carbocycles. The number of halogens is 1. The smallest absolute Gasteiger partial charge is 0.265 e. The van der Waals surface area contributed by atoms with E-state index < -0.39 is 10.0 Å². The third-order valence-corrected chi connectivity index (χ3v) is 8.64. The van der Waals surface area contributed by atoms with E-state index in [-0.39, 0.29) is 17.3 Å². The number of anilines is 1. The predicted molar refractivity (Wildman–Crippen MR) is 131 cm³/mol. The molecule has 1 saturated heterocycles. The summed E-state index contributed by atoms with van der Waals surface area (Å²) in [6.07, 6.45) is 2.85. The fraction of sp³-hybridized carbons (Fsp3) is 0.269. The van der Waals surface area contributed by atoms with E-state index >= 15 is 0 Å². The molecule has 0 radical (unpaired) electrons. The Balaban J connectivity index is 1.34. The van der Waals surface area contributed by atoms with Crippen molar-refractivity contribution in [2.75, 3.05) is 23.9 Å². The molecule has 7 heteroatoms. The molecule has 2 heterocycles. The molecule has 1 fully saturated rings. The summed E-state index contributed by atoms with van der Waals surface area (Å²) in [7, 11) is -3.85. The van der Waals surface area contributed by atoms with Crippen LogP contribution in [0.15, 0.2) is 77.7 Å². The maximum atomic E-state index is 13.4. The van der Waals surface area contributed by atoms with Crippen molar-refractivity contribution in [3.05, 3.63) is 83.4 Å². The highest BCUT2D eigenvalue weighted by Gasteiger charge is 2.37. The van der Waals surface area contributed by atoms with Crippen molar-refractivity contribution in [1.29, 1.82) is 0 Å². The zero-order chi connectivity index (χ0) is 23.0. The molecule has 2 aliphatic rings. The summed E-state index contributed by atoms with van der Waals surface area (Å²) in [5.74, 6) is 0.363. The van der Waals surface area contributed by atoms with Crippen molar-refractivity contribution < 1.29 is 13.2 Å². The Bertz CT molecular complexity index is 1290. The van der Waals surface area contributed by atoms with Gasteiger partial charge in [0.2, 0.25) is 5.91 Å². The third kappa shape index (κ3) is 4.25. The Labute approximate surface area is 199 Å². The summed E-state index contributed by atoms with van der Waals surface area (Å²) < 4.78 is 28.1. The first-order chi connectivity index (χ1) is 15.9. The van der Waals surface area contributed by atoms with Crippen molar-refractivity contribution >= 4 is 33.2 Å². The number of hydrogen-bond donors (Lipinski definition) is 0. The zero-order valence-corrected chi connectivity index (χ0v) is 19.7. The number of fused-ring (bicyclic) bond motifs is 3. The van der Waals surface area contributed by atoms with Gasteiger partial charge in [0.25, 0.3) is 10.0 Å². The van der Waals surface area contributed by atoms with Crippen LogP contribution in [0.4, 0.5) is 5.69 Å². The van der Waals surface area contributed by atoms with E-state index in [1.54, 1.807) is 47.4 Å². The molecule has 0 atom stereocenters. The van der Waals surface area contributed by atoms with Gasteiger partial charge in [0.1, 0.15) is 6.54 Å². The Hall–Kier alpha value is -2.83. The van der Waals surface area contributed by atoms with Crippen LogP contribution in [0.3, 0.4) is 0 Å². The molecule has 170 valence electrons. The van der Waals surface area contributed by atoms with Crippen LogP contribution in [0.5, 0.6) is 0 Å². The molecule has 0 saturated carbocycles. The van der Waals surface area contributed by atoms with Crippen LogP contribution in [0, 0.1) is 5.92 Å². The van der Waals surface area contributed by atoms with Crippen molar-refractivity contribution in [1.82, 2.24) is 4.90 Å². The van der Waals surface area contributed by atoms with Gasteiger partial charge in [0, 0.05) is 29.2 Å². The van der Waals surface area contributed by atoms with Crippen LogP contribution in [0.2, 0.25) is 5.02 Å². The Morgan fingerprint density at radius 3 is 2.36 bits per heavy atom. The summed E-state index contributed by atoms with van der Waals surface area (Å²) >= 11 is 6.22. The molecule has 33 heavy (non-hydrogen) atoms. The van der Waals surface area contributed by atoms with Gasteiger partial charge in [-0.1, -0.05) is 60.1 Å². The number of hydrogen-bond acceptors (Lipinski definition) is 3. The molecule has 0 N–H and O–H groups in total. The van der Waals surface area contributed by atoms with E-state index in [4.69, 9.17) is 11.6 Å². The van der Waals surface area contributed by atoms with Gasteiger partial charge in [-0.2, -0.15) is 0 Å². The number of benzene rings is 3. The quantitative estimate of drug-likeness (QED) is 0.528. The van der Waals surface area contributed by atoms with Crippen LogP contribution in [-0.2, 0) is 21.2 Å². The number of amides is 1. The maximum Gasteiger partial charge on any atom is 0.265 e. The van der Waals surface area contributed by atoms with E-state index in [1.165, 1.54) is 9.87 Å². The maximum absolute atomic E-state index is 13.4. The molecule has 5 rings (SSSR count). The number of carbonyl (C=O) groups excluding carboxylic acids is 1. The van der Waals surface area contributed by atoms with E-state index in [0.29, 0.717) is 35.3 Å². The lowest BCUT2D eigenvalue weighted by atomic mass is 9.90. The van der Waals surface area contributed by atoms with Gasteiger partial charge in [0.15, 0.2) is 0 Å². The Kier molecular flexibility index (Phi) is 5.89. The number of rotatable bonds is 4. The molecule has 5 nitrogen and oxygen atoms in total. The highest BCUT2D eigenvalue weighted by atomic mass is 35.5. The fourth-order valence-electron chi connectivity index (χ4n) is 4.83. The van der Waals surface area contributed by atoms with E-state index in [0.717, 1.165) is 24.8 Å².